The smallest absolute Gasteiger partial charge is 0.269 e. The first-order valence-electron chi connectivity index (χ1n) is 6.81. The number of hydrogen-bond donors (Lipinski definition) is 1. The zero-order valence-corrected chi connectivity index (χ0v) is 14.3. The van der Waals surface area contributed by atoms with Crippen LogP contribution in [0.2, 0.25) is 0 Å². The van der Waals surface area contributed by atoms with E-state index in [9.17, 15) is 8.42 Å². The van der Waals surface area contributed by atoms with E-state index in [1.165, 1.54) is 12.4 Å². The number of halogens is 1. The molecule has 1 aromatic carbocycles. The molecule has 3 aromatic rings. The highest BCUT2D eigenvalue weighted by Gasteiger charge is 2.20. The van der Waals surface area contributed by atoms with Gasteiger partial charge in [-0.2, -0.15) is 0 Å². The lowest BCUT2D eigenvalue weighted by molar-refractivity contribution is 0.588. The van der Waals surface area contributed by atoms with Crippen LogP contribution in [0.3, 0.4) is 0 Å². The van der Waals surface area contributed by atoms with Crippen LogP contribution in [-0.4, -0.2) is 22.4 Å². The monoisotopic (exact) mass is 352 g/mol. The molecule has 0 spiro atoms. The molecule has 3 rings (SSSR count). The molecule has 0 saturated carbocycles. The van der Waals surface area contributed by atoms with Gasteiger partial charge in [-0.15, -0.1) is 12.4 Å². The second-order valence-electron chi connectivity index (χ2n) is 5.22. The van der Waals surface area contributed by atoms with Crippen LogP contribution in [0.4, 0.5) is 0 Å². The standard InChI is InChI=1S/C15H16N4O2S.ClH/c1-10-3-5-12(6-4-10)22(20,21)19-8-7-13-15(19)17-9-14(18-13)11(2)16;/h3-9,11H,16H2,1-2H3;1H. The summed E-state index contributed by atoms with van der Waals surface area (Å²) in [6, 6.07) is 8.06. The summed E-state index contributed by atoms with van der Waals surface area (Å²) in [7, 11) is -3.69. The van der Waals surface area contributed by atoms with Crippen molar-refractivity contribution in [1.82, 2.24) is 13.9 Å². The maximum absolute atomic E-state index is 12.7. The number of benzene rings is 1. The van der Waals surface area contributed by atoms with Crippen molar-refractivity contribution < 1.29 is 8.42 Å². The lowest BCUT2D eigenvalue weighted by atomic mass is 10.2. The lowest BCUT2D eigenvalue weighted by Crippen LogP contribution is -2.13. The molecule has 23 heavy (non-hydrogen) atoms. The molecule has 0 saturated heterocycles. The zero-order valence-electron chi connectivity index (χ0n) is 12.7. The summed E-state index contributed by atoms with van der Waals surface area (Å²) in [4.78, 5) is 8.77. The Morgan fingerprint density at radius 3 is 2.43 bits per heavy atom. The van der Waals surface area contributed by atoms with Crippen LogP contribution in [0, 0.1) is 6.92 Å². The third-order valence-corrected chi connectivity index (χ3v) is 5.10. The Kier molecular flexibility index (Phi) is 4.74. The summed E-state index contributed by atoms with van der Waals surface area (Å²) < 4.78 is 26.6. The van der Waals surface area contributed by atoms with Gasteiger partial charge in [-0.3, -0.25) is 0 Å². The molecule has 122 valence electrons. The van der Waals surface area contributed by atoms with Crippen LogP contribution in [0.15, 0.2) is 47.6 Å². The Balaban J connectivity index is 0.00000192. The maximum Gasteiger partial charge on any atom is 0.269 e. The number of fused-ring (bicyclic) bond motifs is 1. The predicted molar refractivity (Wildman–Crippen MR) is 91.1 cm³/mol. The zero-order chi connectivity index (χ0) is 15.9. The van der Waals surface area contributed by atoms with Gasteiger partial charge in [0.15, 0.2) is 5.65 Å². The van der Waals surface area contributed by atoms with E-state index in [1.807, 2.05) is 6.92 Å². The fraction of sp³-hybridized carbons (Fsp3) is 0.200. The number of nitrogens with zero attached hydrogens (tertiary/aromatic N) is 3. The van der Waals surface area contributed by atoms with Gasteiger partial charge in [0.2, 0.25) is 0 Å². The van der Waals surface area contributed by atoms with Gasteiger partial charge in [-0.25, -0.2) is 22.4 Å². The Morgan fingerprint density at radius 2 is 1.83 bits per heavy atom. The molecule has 0 radical (unpaired) electrons. The van der Waals surface area contributed by atoms with Crippen LogP contribution >= 0.6 is 12.4 Å². The Morgan fingerprint density at radius 1 is 1.17 bits per heavy atom. The Bertz CT molecular complexity index is 934. The van der Waals surface area contributed by atoms with E-state index in [0.717, 1.165) is 9.54 Å². The number of hydrogen-bond acceptors (Lipinski definition) is 5. The highest BCUT2D eigenvalue weighted by Crippen LogP contribution is 2.21. The Hall–Kier alpha value is -1.96. The SMILES string of the molecule is Cc1ccc(S(=O)(=O)n2ccc3nc(C(C)N)cnc32)cc1.Cl. The molecule has 0 amide bonds. The predicted octanol–water partition coefficient (Wildman–Crippen LogP) is 2.42. The molecule has 6 nitrogen and oxygen atoms in total. The summed E-state index contributed by atoms with van der Waals surface area (Å²) in [5, 5.41) is 0. The largest absolute Gasteiger partial charge is 0.323 e. The van der Waals surface area contributed by atoms with Gasteiger partial charge in [0.1, 0.15) is 5.52 Å². The maximum atomic E-state index is 12.7. The molecule has 0 aliphatic rings. The molecular weight excluding hydrogens is 336 g/mol. The molecule has 2 heterocycles. The van der Waals surface area contributed by atoms with Crippen molar-refractivity contribution in [1.29, 1.82) is 0 Å². The van der Waals surface area contributed by atoms with E-state index in [4.69, 9.17) is 5.73 Å². The minimum absolute atomic E-state index is 0. The summed E-state index contributed by atoms with van der Waals surface area (Å²) in [6.07, 6.45) is 2.97. The molecule has 0 bridgehead atoms. The minimum Gasteiger partial charge on any atom is -0.323 e. The summed E-state index contributed by atoms with van der Waals surface area (Å²) in [6.45, 7) is 3.71. The molecule has 1 atom stereocenters. The van der Waals surface area contributed by atoms with Crippen LogP contribution < -0.4 is 5.73 Å². The van der Waals surface area contributed by atoms with E-state index in [-0.39, 0.29) is 23.3 Å². The second kappa shape index (κ2) is 6.27. The highest BCUT2D eigenvalue weighted by atomic mass is 35.5. The van der Waals surface area contributed by atoms with Gasteiger partial charge >= 0.3 is 0 Å². The first-order chi connectivity index (χ1) is 10.4. The van der Waals surface area contributed by atoms with E-state index in [1.54, 1.807) is 37.3 Å². The molecule has 0 aliphatic carbocycles. The molecule has 2 N–H and O–H groups in total. The number of aryl methyl sites for hydroxylation is 1. The summed E-state index contributed by atoms with van der Waals surface area (Å²) >= 11 is 0. The average Bonchev–Trinajstić information content (AvgIpc) is 2.91. The van der Waals surface area contributed by atoms with Crippen molar-refractivity contribution in [3.8, 4) is 0 Å². The van der Waals surface area contributed by atoms with Gasteiger partial charge < -0.3 is 5.73 Å². The fourth-order valence-electron chi connectivity index (χ4n) is 2.14. The van der Waals surface area contributed by atoms with E-state index < -0.39 is 10.0 Å². The van der Waals surface area contributed by atoms with E-state index in [2.05, 4.69) is 9.97 Å². The first-order valence-corrected chi connectivity index (χ1v) is 8.25. The van der Waals surface area contributed by atoms with Crippen molar-refractivity contribution in [2.45, 2.75) is 24.8 Å². The van der Waals surface area contributed by atoms with Crippen LogP contribution in [0.5, 0.6) is 0 Å². The van der Waals surface area contributed by atoms with Gasteiger partial charge in [0, 0.05) is 12.2 Å². The highest BCUT2D eigenvalue weighted by molar-refractivity contribution is 7.90. The third-order valence-electron chi connectivity index (χ3n) is 3.42. The van der Waals surface area contributed by atoms with Crippen LogP contribution in [-0.2, 0) is 10.0 Å². The topological polar surface area (TPSA) is 90.9 Å². The van der Waals surface area contributed by atoms with Gasteiger partial charge in [-0.1, -0.05) is 17.7 Å². The van der Waals surface area contributed by atoms with Gasteiger partial charge in [0.25, 0.3) is 10.0 Å². The van der Waals surface area contributed by atoms with E-state index >= 15 is 0 Å². The molecule has 1 unspecified atom stereocenters. The van der Waals surface area contributed by atoms with Crippen molar-refractivity contribution in [3.05, 3.63) is 54.0 Å². The van der Waals surface area contributed by atoms with Gasteiger partial charge in [-0.05, 0) is 32.0 Å². The minimum atomic E-state index is -3.69. The molecular formula is C15H17ClN4O2S. The van der Waals surface area contributed by atoms with Crippen LogP contribution in [0.1, 0.15) is 24.2 Å². The van der Waals surface area contributed by atoms with Crippen molar-refractivity contribution in [2.75, 3.05) is 0 Å². The molecule has 2 aromatic heterocycles. The lowest BCUT2D eigenvalue weighted by Gasteiger charge is -2.08. The van der Waals surface area contributed by atoms with Crippen molar-refractivity contribution >= 4 is 33.6 Å². The van der Waals surface area contributed by atoms with Crippen molar-refractivity contribution in [2.24, 2.45) is 5.73 Å². The quantitative estimate of drug-likeness (QED) is 0.781. The Labute approximate surface area is 140 Å². The second-order valence-corrected chi connectivity index (χ2v) is 7.04. The molecule has 0 fully saturated rings. The summed E-state index contributed by atoms with van der Waals surface area (Å²) in [5.74, 6) is 0. The van der Waals surface area contributed by atoms with E-state index in [0.29, 0.717) is 16.9 Å². The normalized spacial score (nSPS) is 12.8. The number of rotatable bonds is 3. The third kappa shape index (κ3) is 3.08. The van der Waals surface area contributed by atoms with Gasteiger partial charge in [0.05, 0.1) is 16.8 Å². The van der Waals surface area contributed by atoms with Crippen LogP contribution in [0.25, 0.3) is 11.2 Å². The number of nitrogens with two attached hydrogens (primary N) is 1. The fourth-order valence-corrected chi connectivity index (χ4v) is 3.44. The summed E-state index contributed by atoms with van der Waals surface area (Å²) in [5.41, 5.74) is 8.20. The molecule has 0 aliphatic heterocycles. The number of aromatic nitrogens is 3. The first kappa shape index (κ1) is 17.4. The average molecular weight is 353 g/mol. The van der Waals surface area contributed by atoms with Crippen molar-refractivity contribution in [3.63, 3.8) is 0 Å². The molecule has 8 heteroatoms.